The van der Waals surface area contributed by atoms with Crippen LogP contribution in [0.4, 0.5) is 0 Å². The lowest BCUT2D eigenvalue weighted by molar-refractivity contribution is -0.141. The molecule has 0 fully saturated rings. The Morgan fingerprint density at radius 2 is 1.86 bits per heavy atom. The third-order valence-corrected chi connectivity index (χ3v) is 3.61. The van der Waals surface area contributed by atoms with E-state index in [0.29, 0.717) is 0 Å². The van der Waals surface area contributed by atoms with Gasteiger partial charge in [0.1, 0.15) is 0 Å². The zero-order chi connectivity index (χ0) is 15.2. The summed E-state index contributed by atoms with van der Waals surface area (Å²) >= 11 is 0. The van der Waals surface area contributed by atoms with Crippen molar-refractivity contribution in [3.05, 3.63) is 59.7 Å². The Morgan fingerprint density at radius 3 is 2.48 bits per heavy atom. The number of hydrogen-bond acceptors (Lipinski definition) is 3. The smallest absolute Gasteiger partial charge is 0.312 e. The summed E-state index contributed by atoms with van der Waals surface area (Å²) in [5, 5.41) is 3.15. The molecule has 1 N–H and O–H groups in total. The Kier molecular flexibility index (Phi) is 5.12. The second-order valence-electron chi connectivity index (χ2n) is 5.10. The van der Waals surface area contributed by atoms with Crippen LogP contribution in [0.1, 0.15) is 24.0 Å². The number of benzene rings is 2. The van der Waals surface area contributed by atoms with Crippen molar-refractivity contribution in [1.82, 2.24) is 5.32 Å². The molecule has 1 atom stereocenters. The van der Waals surface area contributed by atoms with Gasteiger partial charge < -0.3 is 10.1 Å². The highest BCUT2D eigenvalue weighted by atomic mass is 16.5. The number of ether oxygens (including phenoxy) is 1. The fourth-order valence-electron chi connectivity index (χ4n) is 2.34. The molecular formula is C18H21NO2. The number of hydrogen-bond donors (Lipinski definition) is 1. The first-order valence-corrected chi connectivity index (χ1v) is 7.07. The van der Waals surface area contributed by atoms with Crippen LogP contribution in [0.25, 0.3) is 11.1 Å². The first-order chi connectivity index (χ1) is 10.2. The molecule has 0 amide bonds. The van der Waals surface area contributed by atoms with Gasteiger partial charge in [0.15, 0.2) is 0 Å². The number of methoxy groups -OCH3 is 1. The van der Waals surface area contributed by atoms with Gasteiger partial charge in [-0.1, -0.05) is 42.5 Å². The van der Waals surface area contributed by atoms with Crippen molar-refractivity contribution >= 4 is 5.97 Å². The van der Waals surface area contributed by atoms with E-state index in [1.165, 1.54) is 18.2 Å². The van der Waals surface area contributed by atoms with E-state index < -0.39 is 0 Å². The predicted molar refractivity (Wildman–Crippen MR) is 85.1 cm³/mol. The SMILES string of the molecule is CNCc1cccc(-c2ccc(C(C)C(=O)OC)cc2)c1. The zero-order valence-electron chi connectivity index (χ0n) is 12.7. The number of esters is 1. The predicted octanol–water partition coefficient (Wildman–Crippen LogP) is 3.35. The molecule has 0 aliphatic rings. The van der Waals surface area contributed by atoms with Gasteiger partial charge in [0.25, 0.3) is 0 Å². The molecule has 2 aromatic carbocycles. The van der Waals surface area contributed by atoms with Crippen molar-refractivity contribution < 1.29 is 9.53 Å². The van der Waals surface area contributed by atoms with E-state index in [4.69, 9.17) is 4.74 Å². The average Bonchev–Trinajstić information content (AvgIpc) is 2.54. The molecule has 0 aliphatic heterocycles. The average molecular weight is 283 g/mol. The van der Waals surface area contributed by atoms with Crippen LogP contribution in [-0.2, 0) is 16.1 Å². The maximum Gasteiger partial charge on any atom is 0.312 e. The van der Waals surface area contributed by atoms with Crippen LogP contribution in [0.15, 0.2) is 48.5 Å². The second kappa shape index (κ2) is 7.04. The minimum absolute atomic E-state index is 0.209. The zero-order valence-corrected chi connectivity index (χ0v) is 12.7. The van der Waals surface area contributed by atoms with Gasteiger partial charge in [-0.25, -0.2) is 0 Å². The number of carbonyl (C=O) groups is 1. The Morgan fingerprint density at radius 1 is 1.14 bits per heavy atom. The molecule has 0 aliphatic carbocycles. The van der Waals surface area contributed by atoms with Crippen molar-refractivity contribution in [2.45, 2.75) is 19.4 Å². The highest BCUT2D eigenvalue weighted by Gasteiger charge is 2.15. The van der Waals surface area contributed by atoms with E-state index in [0.717, 1.165) is 17.7 Å². The summed E-state index contributed by atoms with van der Waals surface area (Å²) in [6.45, 7) is 2.71. The minimum atomic E-state index is -0.236. The van der Waals surface area contributed by atoms with Gasteiger partial charge in [0, 0.05) is 6.54 Å². The molecule has 0 radical (unpaired) electrons. The van der Waals surface area contributed by atoms with Crippen LogP contribution in [-0.4, -0.2) is 20.1 Å². The van der Waals surface area contributed by atoms with Crippen molar-refractivity contribution in [2.24, 2.45) is 0 Å². The monoisotopic (exact) mass is 283 g/mol. The van der Waals surface area contributed by atoms with E-state index in [9.17, 15) is 4.79 Å². The topological polar surface area (TPSA) is 38.3 Å². The van der Waals surface area contributed by atoms with Gasteiger partial charge in [0.05, 0.1) is 13.0 Å². The molecule has 0 saturated carbocycles. The summed E-state index contributed by atoms with van der Waals surface area (Å²) in [6, 6.07) is 16.5. The maximum absolute atomic E-state index is 11.6. The van der Waals surface area contributed by atoms with Crippen LogP contribution in [0, 0.1) is 0 Å². The molecule has 2 aromatic rings. The Labute approximate surface area is 126 Å². The van der Waals surface area contributed by atoms with Crippen molar-refractivity contribution in [1.29, 1.82) is 0 Å². The number of nitrogens with one attached hydrogen (secondary N) is 1. The highest BCUT2D eigenvalue weighted by Crippen LogP contribution is 2.24. The van der Waals surface area contributed by atoms with Gasteiger partial charge in [-0.3, -0.25) is 4.79 Å². The Balaban J connectivity index is 2.22. The summed E-state index contributed by atoms with van der Waals surface area (Å²) in [5.41, 5.74) is 4.55. The molecule has 3 heteroatoms. The quantitative estimate of drug-likeness (QED) is 0.855. The summed E-state index contributed by atoms with van der Waals surface area (Å²) in [5.74, 6) is -0.446. The maximum atomic E-state index is 11.6. The standard InChI is InChI=1S/C18H21NO2/c1-13(18(20)21-3)15-7-9-16(10-8-15)17-6-4-5-14(11-17)12-19-2/h4-11,13,19H,12H2,1-3H3. The molecule has 0 bridgehead atoms. The first kappa shape index (κ1) is 15.3. The lowest BCUT2D eigenvalue weighted by Crippen LogP contribution is -2.10. The summed E-state index contributed by atoms with van der Waals surface area (Å²) in [6.07, 6.45) is 0. The van der Waals surface area contributed by atoms with E-state index in [1.54, 1.807) is 0 Å². The third kappa shape index (κ3) is 3.70. The van der Waals surface area contributed by atoms with Gasteiger partial charge in [0.2, 0.25) is 0 Å². The molecule has 0 spiro atoms. The molecule has 3 nitrogen and oxygen atoms in total. The van der Waals surface area contributed by atoms with Gasteiger partial charge in [-0.2, -0.15) is 0 Å². The summed E-state index contributed by atoms with van der Waals surface area (Å²) in [4.78, 5) is 11.6. The van der Waals surface area contributed by atoms with E-state index in [-0.39, 0.29) is 11.9 Å². The van der Waals surface area contributed by atoms with Crippen molar-refractivity contribution in [2.75, 3.05) is 14.2 Å². The lowest BCUT2D eigenvalue weighted by atomic mass is 9.97. The third-order valence-electron chi connectivity index (χ3n) is 3.61. The van der Waals surface area contributed by atoms with Gasteiger partial charge in [-0.15, -0.1) is 0 Å². The van der Waals surface area contributed by atoms with Gasteiger partial charge >= 0.3 is 5.97 Å². The first-order valence-electron chi connectivity index (χ1n) is 7.07. The number of rotatable bonds is 5. The van der Waals surface area contributed by atoms with Crippen molar-refractivity contribution in [3.63, 3.8) is 0 Å². The molecule has 0 saturated heterocycles. The lowest BCUT2D eigenvalue weighted by Gasteiger charge is -2.11. The van der Waals surface area contributed by atoms with Crippen LogP contribution in [0.2, 0.25) is 0 Å². The van der Waals surface area contributed by atoms with Crippen LogP contribution < -0.4 is 5.32 Å². The molecule has 0 heterocycles. The molecule has 1 unspecified atom stereocenters. The molecule has 2 rings (SSSR count). The molecule has 0 aromatic heterocycles. The minimum Gasteiger partial charge on any atom is -0.469 e. The fraction of sp³-hybridized carbons (Fsp3) is 0.278. The van der Waals surface area contributed by atoms with E-state index in [1.807, 2.05) is 38.2 Å². The van der Waals surface area contributed by atoms with Crippen LogP contribution in [0.3, 0.4) is 0 Å². The molecular weight excluding hydrogens is 262 g/mol. The Hall–Kier alpha value is -2.13. The largest absolute Gasteiger partial charge is 0.469 e. The highest BCUT2D eigenvalue weighted by molar-refractivity contribution is 5.78. The van der Waals surface area contributed by atoms with E-state index in [2.05, 4.69) is 29.6 Å². The molecule has 21 heavy (non-hydrogen) atoms. The van der Waals surface area contributed by atoms with Crippen LogP contribution >= 0.6 is 0 Å². The summed E-state index contributed by atoms with van der Waals surface area (Å²) in [7, 11) is 3.36. The second-order valence-corrected chi connectivity index (χ2v) is 5.10. The number of carbonyl (C=O) groups excluding carboxylic acids is 1. The normalized spacial score (nSPS) is 12.0. The van der Waals surface area contributed by atoms with E-state index >= 15 is 0 Å². The van der Waals surface area contributed by atoms with Gasteiger partial charge in [-0.05, 0) is 42.3 Å². The van der Waals surface area contributed by atoms with Crippen LogP contribution in [0.5, 0.6) is 0 Å². The summed E-state index contributed by atoms with van der Waals surface area (Å²) < 4.78 is 4.78. The fourth-order valence-corrected chi connectivity index (χ4v) is 2.34. The molecule has 110 valence electrons. The van der Waals surface area contributed by atoms with Crippen molar-refractivity contribution in [3.8, 4) is 11.1 Å². The Bertz CT molecular complexity index is 605.